The number of fused-ring (bicyclic) bond motifs is 1. The molecule has 0 saturated carbocycles. The minimum Gasteiger partial charge on any atom is -0.507 e. The lowest BCUT2D eigenvalue weighted by Crippen LogP contribution is -1.84. The number of benzene rings is 1. The highest BCUT2D eigenvalue weighted by Crippen LogP contribution is 2.36. The van der Waals surface area contributed by atoms with Crippen LogP contribution in [0.25, 0.3) is 20.7 Å². The Hall–Kier alpha value is -1.21. The van der Waals surface area contributed by atoms with Crippen LogP contribution in [0.3, 0.4) is 0 Å². The van der Waals surface area contributed by atoms with Gasteiger partial charge in [-0.1, -0.05) is 6.07 Å². The van der Waals surface area contributed by atoms with Crippen molar-refractivity contribution in [3.8, 4) is 16.3 Å². The largest absolute Gasteiger partial charge is 0.507 e. The molecule has 2 aromatic heterocycles. The molecule has 84 valence electrons. The molecule has 0 radical (unpaired) electrons. The third-order valence-electron chi connectivity index (χ3n) is 2.42. The maximum absolute atomic E-state index is 9.76. The first kappa shape index (κ1) is 10.9. The van der Waals surface area contributed by atoms with Crippen molar-refractivity contribution in [1.29, 1.82) is 0 Å². The number of aromatic nitrogens is 2. The van der Waals surface area contributed by atoms with Gasteiger partial charge in [-0.3, -0.25) is 0 Å². The number of hydrogen-bond acceptors (Lipinski definition) is 4. The van der Waals surface area contributed by atoms with Crippen molar-refractivity contribution in [2.45, 2.75) is 0 Å². The van der Waals surface area contributed by atoms with Crippen molar-refractivity contribution in [3.63, 3.8) is 0 Å². The van der Waals surface area contributed by atoms with E-state index in [0.717, 1.165) is 24.4 Å². The Kier molecular flexibility index (Phi) is 2.71. The predicted octanol–water partition coefficient (Wildman–Crippen LogP) is 3.67. The van der Waals surface area contributed by atoms with Gasteiger partial charge in [0.1, 0.15) is 15.8 Å². The number of phenols is 1. The van der Waals surface area contributed by atoms with E-state index in [1.165, 1.54) is 0 Å². The van der Waals surface area contributed by atoms with E-state index in [1.807, 2.05) is 24.3 Å². The summed E-state index contributed by atoms with van der Waals surface area (Å²) in [4.78, 5) is 9.36. The monoisotopic (exact) mass is 354 g/mol. The van der Waals surface area contributed by atoms with Gasteiger partial charge >= 0.3 is 0 Å². The number of halogens is 1. The van der Waals surface area contributed by atoms with Gasteiger partial charge < -0.3 is 5.11 Å². The van der Waals surface area contributed by atoms with Gasteiger partial charge in [0.15, 0.2) is 0 Å². The molecule has 0 aliphatic carbocycles. The molecule has 5 heteroatoms. The first-order chi connectivity index (χ1) is 8.24. The topological polar surface area (TPSA) is 46.0 Å². The molecule has 0 spiro atoms. The third kappa shape index (κ3) is 2.00. The lowest BCUT2D eigenvalue weighted by atomic mass is 10.2. The number of phenolic OH excluding ortho intramolecular Hbond substituents is 1. The Morgan fingerprint density at radius 3 is 2.82 bits per heavy atom. The molecule has 1 N–H and O–H groups in total. The van der Waals surface area contributed by atoms with E-state index in [-0.39, 0.29) is 0 Å². The molecular formula is C12H7IN2OS. The standard InChI is InChI=1S/C12H7IN2OS/c13-12-5-8(14-6-15-12)11-4-7-9(16)2-1-3-10(7)17-11/h1-6,16H. The maximum atomic E-state index is 9.76. The van der Waals surface area contributed by atoms with E-state index in [4.69, 9.17) is 0 Å². The van der Waals surface area contributed by atoms with Gasteiger partial charge in [-0.25, -0.2) is 9.97 Å². The Morgan fingerprint density at radius 2 is 2.06 bits per heavy atom. The summed E-state index contributed by atoms with van der Waals surface area (Å²) in [6.07, 6.45) is 1.56. The summed E-state index contributed by atoms with van der Waals surface area (Å²) in [5.74, 6) is 0.314. The summed E-state index contributed by atoms with van der Waals surface area (Å²) in [6.45, 7) is 0. The van der Waals surface area contributed by atoms with Crippen LogP contribution in [-0.2, 0) is 0 Å². The zero-order valence-corrected chi connectivity index (χ0v) is 11.6. The number of nitrogens with zero attached hydrogens (tertiary/aromatic N) is 2. The van der Waals surface area contributed by atoms with Gasteiger partial charge in [-0.15, -0.1) is 11.3 Å². The van der Waals surface area contributed by atoms with Crippen LogP contribution in [0.1, 0.15) is 0 Å². The van der Waals surface area contributed by atoms with Crippen LogP contribution in [0.5, 0.6) is 5.75 Å². The molecule has 0 amide bonds. The average Bonchev–Trinajstić information content (AvgIpc) is 2.74. The van der Waals surface area contributed by atoms with Crippen molar-refractivity contribution in [2.24, 2.45) is 0 Å². The van der Waals surface area contributed by atoms with Crippen LogP contribution in [0.15, 0.2) is 36.7 Å². The second kappa shape index (κ2) is 4.23. The van der Waals surface area contributed by atoms with Crippen molar-refractivity contribution >= 4 is 44.0 Å². The zero-order chi connectivity index (χ0) is 11.8. The van der Waals surface area contributed by atoms with Gasteiger partial charge in [-0.2, -0.15) is 0 Å². The molecular weight excluding hydrogens is 347 g/mol. The summed E-state index contributed by atoms with van der Waals surface area (Å²) >= 11 is 3.78. The van der Waals surface area contributed by atoms with Crippen LogP contribution in [0.2, 0.25) is 0 Å². The highest BCUT2D eigenvalue weighted by molar-refractivity contribution is 14.1. The Balaban J connectivity index is 2.22. The number of aromatic hydroxyl groups is 1. The summed E-state index contributed by atoms with van der Waals surface area (Å²) < 4.78 is 1.97. The molecule has 3 nitrogen and oxygen atoms in total. The minimum absolute atomic E-state index is 0.314. The molecule has 3 rings (SSSR count). The molecule has 1 aromatic carbocycles. The van der Waals surface area contributed by atoms with Crippen molar-refractivity contribution in [3.05, 3.63) is 40.4 Å². The van der Waals surface area contributed by atoms with Crippen LogP contribution < -0.4 is 0 Å². The summed E-state index contributed by atoms with van der Waals surface area (Å²) in [7, 11) is 0. The summed E-state index contributed by atoms with van der Waals surface area (Å²) in [5, 5.41) is 10.6. The van der Waals surface area contributed by atoms with E-state index >= 15 is 0 Å². The second-order valence-corrected chi connectivity index (χ2v) is 5.71. The average molecular weight is 354 g/mol. The second-order valence-electron chi connectivity index (χ2n) is 3.53. The van der Waals surface area contributed by atoms with Gasteiger partial charge in [0.25, 0.3) is 0 Å². The van der Waals surface area contributed by atoms with Crippen molar-refractivity contribution in [2.75, 3.05) is 0 Å². The SMILES string of the molecule is Oc1cccc2sc(-c3cc(I)ncn3)cc12. The molecule has 17 heavy (non-hydrogen) atoms. The predicted molar refractivity (Wildman–Crippen MR) is 77.2 cm³/mol. The summed E-state index contributed by atoms with van der Waals surface area (Å²) in [6, 6.07) is 9.44. The fraction of sp³-hybridized carbons (Fsp3) is 0. The van der Waals surface area contributed by atoms with Crippen LogP contribution >= 0.6 is 33.9 Å². The maximum Gasteiger partial charge on any atom is 0.124 e. The number of thiophene rings is 1. The fourth-order valence-corrected chi connectivity index (χ4v) is 3.11. The lowest BCUT2D eigenvalue weighted by molar-refractivity contribution is 0.482. The van der Waals surface area contributed by atoms with E-state index in [0.29, 0.717) is 5.75 Å². The highest BCUT2D eigenvalue weighted by atomic mass is 127. The highest BCUT2D eigenvalue weighted by Gasteiger charge is 2.08. The first-order valence-electron chi connectivity index (χ1n) is 4.93. The van der Waals surface area contributed by atoms with Crippen LogP contribution in [0, 0.1) is 3.70 Å². The van der Waals surface area contributed by atoms with Crippen LogP contribution in [-0.4, -0.2) is 15.1 Å². The van der Waals surface area contributed by atoms with Crippen molar-refractivity contribution in [1.82, 2.24) is 9.97 Å². The molecule has 0 aliphatic heterocycles. The van der Waals surface area contributed by atoms with Crippen molar-refractivity contribution < 1.29 is 5.11 Å². The molecule has 3 aromatic rings. The number of hydrogen-bond donors (Lipinski definition) is 1. The van der Waals surface area contributed by atoms with E-state index in [9.17, 15) is 5.11 Å². The fourth-order valence-electron chi connectivity index (χ4n) is 1.64. The quantitative estimate of drug-likeness (QED) is 0.536. The molecule has 0 saturated heterocycles. The minimum atomic E-state index is 0.314. The number of rotatable bonds is 1. The normalized spacial score (nSPS) is 10.9. The Morgan fingerprint density at radius 1 is 1.18 bits per heavy atom. The third-order valence-corrected chi connectivity index (χ3v) is 4.14. The smallest absolute Gasteiger partial charge is 0.124 e. The van der Waals surface area contributed by atoms with Gasteiger partial charge in [0, 0.05) is 10.1 Å². The van der Waals surface area contributed by atoms with Gasteiger partial charge in [0.05, 0.1) is 10.6 Å². The van der Waals surface area contributed by atoms with Gasteiger partial charge in [-0.05, 0) is 46.9 Å². The van der Waals surface area contributed by atoms with Crippen LogP contribution in [0.4, 0.5) is 0 Å². The zero-order valence-electron chi connectivity index (χ0n) is 8.59. The molecule has 0 fully saturated rings. The first-order valence-corrected chi connectivity index (χ1v) is 6.83. The molecule has 2 heterocycles. The Labute approximate surface area is 115 Å². The molecule has 0 bridgehead atoms. The lowest BCUT2D eigenvalue weighted by Gasteiger charge is -1.95. The van der Waals surface area contributed by atoms with E-state index in [2.05, 4.69) is 32.6 Å². The molecule has 0 aliphatic rings. The van der Waals surface area contributed by atoms with E-state index < -0.39 is 0 Å². The summed E-state index contributed by atoms with van der Waals surface area (Å²) in [5.41, 5.74) is 0.894. The van der Waals surface area contributed by atoms with E-state index in [1.54, 1.807) is 23.7 Å². The van der Waals surface area contributed by atoms with Gasteiger partial charge in [0.2, 0.25) is 0 Å². The molecule has 0 atom stereocenters. The Bertz CT molecular complexity index is 696. The molecule has 0 unspecified atom stereocenters.